The minimum absolute atomic E-state index is 0.257. The van der Waals surface area contributed by atoms with E-state index in [1.807, 2.05) is 19.1 Å². The van der Waals surface area contributed by atoms with Crippen LogP contribution in [0.25, 0.3) is 10.9 Å². The number of nitriles is 1. The van der Waals surface area contributed by atoms with Crippen LogP contribution in [0.2, 0.25) is 0 Å². The van der Waals surface area contributed by atoms with Crippen molar-refractivity contribution in [1.29, 1.82) is 5.26 Å². The number of benzene rings is 1. The molecule has 2 aromatic rings. The van der Waals surface area contributed by atoms with E-state index in [4.69, 9.17) is 5.26 Å². The summed E-state index contributed by atoms with van der Waals surface area (Å²) in [4.78, 5) is 4.22. The molecule has 0 N–H and O–H groups in total. The summed E-state index contributed by atoms with van der Waals surface area (Å²) in [5.41, 5.74) is 2.32. The summed E-state index contributed by atoms with van der Waals surface area (Å²) in [6.45, 7) is 1.93. The maximum Gasteiger partial charge on any atom is 0.125 e. The molecule has 0 aliphatic heterocycles. The lowest BCUT2D eigenvalue weighted by molar-refractivity contribution is 0.629. The summed E-state index contributed by atoms with van der Waals surface area (Å²) in [7, 11) is 0. The molecule has 0 atom stereocenters. The fourth-order valence-electron chi connectivity index (χ4n) is 1.62. The topological polar surface area (TPSA) is 36.7 Å². The first-order chi connectivity index (χ1) is 7.20. The molecule has 0 bridgehead atoms. The Morgan fingerprint density at radius 3 is 2.93 bits per heavy atom. The van der Waals surface area contributed by atoms with Crippen LogP contribution in [-0.2, 0) is 6.42 Å². The normalized spacial score (nSPS) is 10.2. The Balaban J connectivity index is 2.69. The van der Waals surface area contributed by atoms with Gasteiger partial charge in [-0.15, -0.1) is 0 Å². The van der Waals surface area contributed by atoms with Gasteiger partial charge in [-0.1, -0.05) is 0 Å². The number of aromatic nitrogens is 1. The van der Waals surface area contributed by atoms with Gasteiger partial charge >= 0.3 is 0 Å². The van der Waals surface area contributed by atoms with Gasteiger partial charge in [-0.05, 0) is 30.7 Å². The Kier molecular flexibility index (Phi) is 2.34. The molecule has 1 aromatic carbocycles. The first-order valence-electron chi connectivity index (χ1n) is 4.63. The second-order valence-electron chi connectivity index (χ2n) is 3.43. The van der Waals surface area contributed by atoms with Crippen molar-refractivity contribution in [3.63, 3.8) is 0 Å². The van der Waals surface area contributed by atoms with Crippen LogP contribution < -0.4 is 0 Å². The van der Waals surface area contributed by atoms with Gasteiger partial charge in [0.05, 0.1) is 23.7 Å². The third kappa shape index (κ3) is 1.79. The lowest BCUT2D eigenvalue weighted by Crippen LogP contribution is -1.92. The van der Waals surface area contributed by atoms with Crippen LogP contribution in [0.15, 0.2) is 24.3 Å². The molecule has 3 heteroatoms. The molecule has 0 aliphatic carbocycles. The predicted molar refractivity (Wildman–Crippen MR) is 55.8 cm³/mol. The quantitative estimate of drug-likeness (QED) is 0.709. The largest absolute Gasteiger partial charge is 0.252 e. The SMILES string of the molecule is Cc1cc(CC#N)nc2cc(F)ccc12. The predicted octanol–water partition coefficient (Wildman–Crippen LogP) is 2.75. The van der Waals surface area contributed by atoms with Gasteiger partial charge in [-0.25, -0.2) is 4.39 Å². The molecule has 0 radical (unpaired) electrons. The molecule has 1 aromatic heterocycles. The number of pyridine rings is 1. The Labute approximate surface area is 87.0 Å². The van der Waals surface area contributed by atoms with Gasteiger partial charge in [0.2, 0.25) is 0 Å². The molecule has 0 spiro atoms. The van der Waals surface area contributed by atoms with Crippen molar-refractivity contribution in [2.24, 2.45) is 0 Å². The van der Waals surface area contributed by atoms with Crippen LogP contribution in [-0.4, -0.2) is 4.98 Å². The minimum Gasteiger partial charge on any atom is -0.252 e. The lowest BCUT2D eigenvalue weighted by Gasteiger charge is -2.03. The van der Waals surface area contributed by atoms with E-state index in [-0.39, 0.29) is 12.2 Å². The molecule has 0 saturated heterocycles. The standard InChI is InChI=1S/C12H9FN2/c1-8-6-10(4-5-14)15-12-7-9(13)2-3-11(8)12/h2-3,6-7H,4H2,1H3. The minimum atomic E-state index is -0.302. The van der Waals surface area contributed by atoms with Crippen LogP contribution in [0, 0.1) is 24.1 Å². The average molecular weight is 200 g/mol. The zero-order chi connectivity index (χ0) is 10.8. The van der Waals surface area contributed by atoms with Gasteiger partial charge < -0.3 is 0 Å². The van der Waals surface area contributed by atoms with Crippen molar-refractivity contribution in [2.75, 3.05) is 0 Å². The number of halogens is 1. The molecule has 0 aliphatic rings. The Morgan fingerprint density at radius 2 is 2.20 bits per heavy atom. The summed E-state index contributed by atoms with van der Waals surface area (Å²) in [6, 6.07) is 8.42. The van der Waals surface area contributed by atoms with E-state index in [1.54, 1.807) is 6.07 Å². The van der Waals surface area contributed by atoms with Crippen LogP contribution >= 0.6 is 0 Å². The summed E-state index contributed by atoms with van der Waals surface area (Å²) < 4.78 is 13.0. The smallest absolute Gasteiger partial charge is 0.125 e. The Morgan fingerprint density at radius 1 is 1.40 bits per heavy atom. The molecular weight excluding hydrogens is 191 g/mol. The van der Waals surface area contributed by atoms with Crippen LogP contribution in [0.4, 0.5) is 4.39 Å². The maximum absolute atomic E-state index is 13.0. The van der Waals surface area contributed by atoms with Crippen LogP contribution in [0.1, 0.15) is 11.3 Å². The fraction of sp³-hybridized carbons (Fsp3) is 0.167. The van der Waals surface area contributed by atoms with E-state index in [9.17, 15) is 4.39 Å². The van der Waals surface area contributed by atoms with Crippen molar-refractivity contribution < 1.29 is 4.39 Å². The highest BCUT2D eigenvalue weighted by Crippen LogP contribution is 2.18. The van der Waals surface area contributed by atoms with E-state index in [1.165, 1.54) is 12.1 Å². The number of hydrogen-bond acceptors (Lipinski definition) is 2. The first-order valence-corrected chi connectivity index (χ1v) is 4.63. The summed E-state index contributed by atoms with van der Waals surface area (Å²) in [5, 5.41) is 9.50. The molecule has 2 nitrogen and oxygen atoms in total. The van der Waals surface area contributed by atoms with Gasteiger partial charge in [0.25, 0.3) is 0 Å². The van der Waals surface area contributed by atoms with Gasteiger partial charge in [0.1, 0.15) is 5.82 Å². The molecule has 15 heavy (non-hydrogen) atoms. The molecule has 0 saturated carbocycles. The van der Waals surface area contributed by atoms with Gasteiger partial charge in [0, 0.05) is 11.5 Å². The fourth-order valence-corrected chi connectivity index (χ4v) is 1.62. The average Bonchev–Trinajstić information content (AvgIpc) is 2.17. The monoisotopic (exact) mass is 200 g/mol. The zero-order valence-electron chi connectivity index (χ0n) is 8.29. The van der Waals surface area contributed by atoms with Crippen LogP contribution in [0.3, 0.4) is 0 Å². The third-order valence-electron chi connectivity index (χ3n) is 2.29. The van der Waals surface area contributed by atoms with Crippen molar-refractivity contribution >= 4 is 10.9 Å². The van der Waals surface area contributed by atoms with Gasteiger partial charge in [-0.3, -0.25) is 4.98 Å². The lowest BCUT2D eigenvalue weighted by atomic mass is 10.1. The van der Waals surface area contributed by atoms with Crippen molar-refractivity contribution in [1.82, 2.24) is 4.98 Å². The molecule has 0 fully saturated rings. The van der Waals surface area contributed by atoms with E-state index >= 15 is 0 Å². The molecule has 74 valence electrons. The third-order valence-corrected chi connectivity index (χ3v) is 2.29. The zero-order valence-corrected chi connectivity index (χ0v) is 8.29. The maximum atomic E-state index is 13.0. The van der Waals surface area contributed by atoms with E-state index in [2.05, 4.69) is 4.98 Å². The molecule has 0 amide bonds. The molecular formula is C12H9FN2. The number of aryl methyl sites for hydroxylation is 1. The number of hydrogen-bond donors (Lipinski definition) is 0. The highest BCUT2D eigenvalue weighted by atomic mass is 19.1. The second kappa shape index (κ2) is 3.66. The molecule has 0 unspecified atom stereocenters. The highest BCUT2D eigenvalue weighted by Gasteiger charge is 2.03. The van der Waals surface area contributed by atoms with E-state index in [0.717, 1.165) is 10.9 Å². The van der Waals surface area contributed by atoms with Crippen molar-refractivity contribution in [2.45, 2.75) is 13.3 Å². The molecule has 2 rings (SSSR count). The Hall–Kier alpha value is -1.95. The van der Waals surface area contributed by atoms with Gasteiger partial charge in [0.15, 0.2) is 0 Å². The second-order valence-corrected chi connectivity index (χ2v) is 3.43. The summed E-state index contributed by atoms with van der Waals surface area (Å²) in [6.07, 6.45) is 0.257. The number of rotatable bonds is 1. The summed E-state index contributed by atoms with van der Waals surface area (Å²) in [5.74, 6) is -0.302. The van der Waals surface area contributed by atoms with Crippen molar-refractivity contribution in [3.8, 4) is 6.07 Å². The highest BCUT2D eigenvalue weighted by molar-refractivity contribution is 5.82. The first kappa shape index (κ1) is 9.60. The number of nitrogens with zero attached hydrogens (tertiary/aromatic N) is 2. The van der Waals surface area contributed by atoms with Crippen molar-refractivity contribution in [3.05, 3.63) is 41.3 Å². The van der Waals surface area contributed by atoms with E-state index in [0.29, 0.717) is 11.2 Å². The summed E-state index contributed by atoms with van der Waals surface area (Å²) >= 11 is 0. The molecule has 1 heterocycles. The van der Waals surface area contributed by atoms with Crippen LogP contribution in [0.5, 0.6) is 0 Å². The van der Waals surface area contributed by atoms with E-state index < -0.39 is 0 Å². The number of fused-ring (bicyclic) bond motifs is 1. The van der Waals surface area contributed by atoms with Gasteiger partial charge in [-0.2, -0.15) is 5.26 Å². The Bertz CT molecular complexity index is 555.